The van der Waals surface area contributed by atoms with Crippen LogP contribution in [0.1, 0.15) is 10.4 Å². The van der Waals surface area contributed by atoms with Crippen molar-refractivity contribution in [2.75, 3.05) is 12.5 Å². The zero-order chi connectivity index (χ0) is 13.1. The van der Waals surface area contributed by atoms with Gasteiger partial charge in [-0.2, -0.15) is 0 Å². The fourth-order valence-corrected chi connectivity index (χ4v) is 1.56. The van der Waals surface area contributed by atoms with Gasteiger partial charge in [0, 0.05) is 11.5 Å². The van der Waals surface area contributed by atoms with E-state index < -0.39 is 17.2 Å². The molecule has 5 nitrogen and oxygen atoms in total. The van der Waals surface area contributed by atoms with E-state index in [9.17, 15) is 9.59 Å². The Hall–Kier alpha value is -2.01. The molecule has 18 heavy (non-hydrogen) atoms. The average molecular weight is 269 g/mol. The number of ether oxygens (including phenoxy) is 1. The molecule has 0 aliphatic carbocycles. The van der Waals surface area contributed by atoms with Crippen molar-refractivity contribution in [1.82, 2.24) is 0 Å². The smallest absolute Gasteiger partial charge is 0.351 e. The van der Waals surface area contributed by atoms with Crippen LogP contribution in [0.4, 0.5) is 0 Å². The minimum absolute atomic E-state index is 0.275. The van der Waals surface area contributed by atoms with Crippen LogP contribution in [0, 0.1) is 0 Å². The molecule has 0 unspecified atom stereocenters. The lowest BCUT2D eigenvalue weighted by atomic mass is 10.2. The van der Waals surface area contributed by atoms with E-state index >= 15 is 0 Å². The van der Waals surface area contributed by atoms with Crippen molar-refractivity contribution < 1.29 is 19.1 Å². The van der Waals surface area contributed by atoms with Gasteiger partial charge < -0.3 is 14.3 Å². The fraction of sp³-hybridized carbons (Fsp3) is 0.167. The highest BCUT2D eigenvalue weighted by molar-refractivity contribution is 6.18. The second-order valence-corrected chi connectivity index (χ2v) is 3.87. The maximum atomic E-state index is 11.4. The molecular weight excluding hydrogens is 260 g/mol. The van der Waals surface area contributed by atoms with E-state index in [1.54, 1.807) is 12.1 Å². The fourth-order valence-electron chi connectivity index (χ4n) is 1.49. The first-order valence-electron chi connectivity index (χ1n) is 5.12. The molecule has 1 heterocycles. The minimum Gasteiger partial charge on any atom is -0.492 e. The Morgan fingerprint density at radius 2 is 2.17 bits per heavy atom. The summed E-state index contributed by atoms with van der Waals surface area (Å²) in [6.07, 6.45) is 0. The van der Waals surface area contributed by atoms with Crippen molar-refractivity contribution in [2.45, 2.75) is 0 Å². The van der Waals surface area contributed by atoms with Crippen LogP contribution in [0.15, 0.2) is 33.5 Å². The zero-order valence-electron chi connectivity index (χ0n) is 9.18. The number of fused-ring (bicyclic) bond motifs is 1. The molecule has 94 valence electrons. The lowest BCUT2D eigenvalue weighted by Crippen LogP contribution is -2.12. The highest BCUT2D eigenvalue weighted by atomic mass is 35.5. The average Bonchev–Trinajstić information content (AvgIpc) is 2.34. The summed E-state index contributed by atoms with van der Waals surface area (Å²) < 4.78 is 10.2. The SMILES string of the molecule is O=C(O)c1cc2ccc(OCCCl)cc2oc1=O. The maximum absolute atomic E-state index is 11.4. The largest absolute Gasteiger partial charge is 0.492 e. The third-order valence-corrected chi connectivity index (χ3v) is 2.44. The van der Waals surface area contributed by atoms with Gasteiger partial charge in [-0.25, -0.2) is 9.59 Å². The summed E-state index contributed by atoms with van der Waals surface area (Å²) in [5, 5.41) is 9.32. The molecule has 2 rings (SSSR count). The molecule has 6 heteroatoms. The number of carbonyl (C=O) groups is 1. The second kappa shape index (κ2) is 5.10. The third kappa shape index (κ3) is 2.46. The van der Waals surface area contributed by atoms with Gasteiger partial charge in [-0.1, -0.05) is 0 Å². The Morgan fingerprint density at radius 1 is 1.39 bits per heavy atom. The monoisotopic (exact) mass is 268 g/mol. The lowest BCUT2D eigenvalue weighted by Gasteiger charge is -2.04. The zero-order valence-corrected chi connectivity index (χ0v) is 9.94. The van der Waals surface area contributed by atoms with Crippen LogP contribution < -0.4 is 10.4 Å². The first kappa shape index (κ1) is 12.4. The van der Waals surface area contributed by atoms with E-state index in [1.165, 1.54) is 12.1 Å². The summed E-state index contributed by atoms with van der Waals surface area (Å²) in [5.74, 6) is -0.456. The molecule has 0 aliphatic rings. The number of halogens is 1. The van der Waals surface area contributed by atoms with Crippen LogP contribution >= 0.6 is 11.6 Å². The van der Waals surface area contributed by atoms with Crippen molar-refractivity contribution >= 4 is 28.5 Å². The molecule has 0 amide bonds. The first-order valence-corrected chi connectivity index (χ1v) is 5.65. The Labute approximate surface area is 107 Å². The predicted octanol–water partition coefficient (Wildman–Crippen LogP) is 2.11. The molecule has 1 N–H and O–H groups in total. The number of hydrogen-bond acceptors (Lipinski definition) is 4. The van der Waals surface area contributed by atoms with E-state index in [1.807, 2.05) is 0 Å². The van der Waals surface area contributed by atoms with Crippen molar-refractivity contribution in [2.24, 2.45) is 0 Å². The van der Waals surface area contributed by atoms with Crippen LogP contribution in [0.3, 0.4) is 0 Å². The standard InChI is InChI=1S/C12H9ClO5/c13-3-4-17-8-2-1-7-5-9(11(14)15)12(16)18-10(7)6-8/h1-2,5-6H,3-4H2,(H,14,15). The van der Waals surface area contributed by atoms with Gasteiger partial charge in [-0.05, 0) is 18.2 Å². The van der Waals surface area contributed by atoms with Crippen molar-refractivity contribution in [3.05, 3.63) is 40.2 Å². The van der Waals surface area contributed by atoms with Crippen LogP contribution in [0.25, 0.3) is 11.0 Å². The van der Waals surface area contributed by atoms with Crippen molar-refractivity contribution in [3.63, 3.8) is 0 Å². The number of benzene rings is 1. The molecule has 0 spiro atoms. The summed E-state index contributed by atoms with van der Waals surface area (Å²) >= 11 is 5.49. The Kier molecular flexibility index (Phi) is 3.53. The van der Waals surface area contributed by atoms with Gasteiger partial charge in [0.15, 0.2) is 0 Å². The Morgan fingerprint density at radius 3 is 2.83 bits per heavy atom. The Balaban J connectivity index is 2.49. The van der Waals surface area contributed by atoms with Crippen molar-refractivity contribution in [1.29, 1.82) is 0 Å². The van der Waals surface area contributed by atoms with E-state index in [0.29, 0.717) is 23.6 Å². The molecule has 0 radical (unpaired) electrons. The van der Waals surface area contributed by atoms with Crippen LogP contribution in [-0.4, -0.2) is 23.6 Å². The molecule has 1 aromatic carbocycles. The van der Waals surface area contributed by atoms with Gasteiger partial charge in [0.05, 0.1) is 5.88 Å². The van der Waals surface area contributed by atoms with Crippen LogP contribution in [-0.2, 0) is 0 Å². The van der Waals surface area contributed by atoms with Gasteiger partial charge >= 0.3 is 11.6 Å². The summed E-state index contributed by atoms with van der Waals surface area (Å²) in [6.45, 7) is 0.338. The minimum atomic E-state index is -1.31. The molecule has 0 saturated carbocycles. The molecule has 0 atom stereocenters. The molecule has 0 fully saturated rings. The van der Waals surface area contributed by atoms with Gasteiger partial charge in [-0.15, -0.1) is 11.6 Å². The molecule has 1 aromatic heterocycles. The normalized spacial score (nSPS) is 10.5. The number of hydrogen-bond donors (Lipinski definition) is 1. The molecule has 0 bridgehead atoms. The number of carboxylic acids is 1. The highest BCUT2D eigenvalue weighted by Crippen LogP contribution is 2.20. The summed E-state index contributed by atoms with van der Waals surface area (Å²) in [6, 6.07) is 6.07. The topological polar surface area (TPSA) is 76.7 Å². The molecule has 0 aliphatic heterocycles. The third-order valence-electron chi connectivity index (χ3n) is 2.28. The van der Waals surface area contributed by atoms with Gasteiger partial charge in [0.2, 0.25) is 0 Å². The van der Waals surface area contributed by atoms with Gasteiger partial charge in [-0.3, -0.25) is 0 Å². The second-order valence-electron chi connectivity index (χ2n) is 3.49. The first-order chi connectivity index (χ1) is 8.61. The summed E-state index contributed by atoms with van der Waals surface area (Å²) in [5.41, 5.74) is -1.00. The predicted molar refractivity (Wildman–Crippen MR) is 65.7 cm³/mol. The van der Waals surface area contributed by atoms with E-state index in [2.05, 4.69) is 0 Å². The van der Waals surface area contributed by atoms with Crippen molar-refractivity contribution in [3.8, 4) is 5.75 Å². The number of aromatic carboxylic acids is 1. The summed E-state index contributed by atoms with van der Waals surface area (Å²) in [7, 11) is 0. The Bertz CT molecular complexity index is 646. The lowest BCUT2D eigenvalue weighted by molar-refractivity contribution is 0.0692. The van der Waals surface area contributed by atoms with Crippen LogP contribution in [0.5, 0.6) is 5.75 Å². The maximum Gasteiger partial charge on any atom is 0.351 e. The molecule has 2 aromatic rings. The molecule has 0 saturated heterocycles. The van der Waals surface area contributed by atoms with Crippen LogP contribution in [0.2, 0.25) is 0 Å². The quantitative estimate of drug-likeness (QED) is 0.679. The van der Waals surface area contributed by atoms with Gasteiger partial charge in [0.25, 0.3) is 0 Å². The molecular formula is C12H9ClO5. The van der Waals surface area contributed by atoms with Gasteiger partial charge in [0.1, 0.15) is 23.5 Å². The number of carboxylic acid groups (broad SMARTS) is 1. The number of alkyl halides is 1. The highest BCUT2D eigenvalue weighted by Gasteiger charge is 2.12. The number of rotatable bonds is 4. The van der Waals surface area contributed by atoms with E-state index in [4.69, 9.17) is 25.9 Å². The summed E-state index contributed by atoms with van der Waals surface area (Å²) in [4.78, 5) is 22.2. The van der Waals surface area contributed by atoms with E-state index in [0.717, 1.165) is 0 Å². The van der Waals surface area contributed by atoms with E-state index in [-0.39, 0.29) is 5.58 Å².